The van der Waals surface area contributed by atoms with E-state index in [1.807, 2.05) is 0 Å². The normalized spacial score (nSPS) is 11.0. The molecule has 0 spiro atoms. The van der Waals surface area contributed by atoms with Crippen LogP contribution in [0.1, 0.15) is 31.9 Å². The van der Waals surface area contributed by atoms with E-state index in [0.29, 0.717) is 11.1 Å². The third kappa shape index (κ3) is 4.85. The van der Waals surface area contributed by atoms with Gasteiger partial charge in [0.1, 0.15) is 5.60 Å². The molecule has 7 nitrogen and oxygen atoms in total. The van der Waals surface area contributed by atoms with Crippen LogP contribution in [0, 0.1) is 10.1 Å². The Labute approximate surface area is 117 Å². The molecule has 0 aliphatic heterocycles. The molecule has 110 valence electrons. The van der Waals surface area contributed by atoms with Gasteiger partial charge in [-0.05, 0) is 26.3 Å². The number of hydrogen-bond acceptors (Lipinski definition) is 5. The van der Waals surface area contributed by atoms with Crippen molar-refractivity contribution in [1.29, 1.82) is 0 Å². The van der Waals surface area contributed by atoms with E-state index < -0.39 is 16.6 Å². The standard InChI is InChI=1S/C13H19N3O4/c1-13(2,3)20-12(17)15-8-9-4-5-10(7-14)11(6-9)16(18)19/h4-6H,7-8,14H2,1-3H3,(H,15,17). The SMILES string of the molecule is CC(C)(C)OC(=O)NCc1ccc(CN)c([N+](=O)[O-])c1. The first-order chi connectivity index (χ1) is 9.23. The molecule has 0 bridgehead atoms. The maximum Gasteiger partial charge on any atom is 0.407 e. The number of nitrogens with zero attached hydrogens (tertiary/aromatic N) is 1. The molecule has 0 fully saturated rings. The molecule has 20 heavy (non-hydrogen) atoms. The molecule has 0 heterocycles. The summed E-state index contributed by atoms with van der Waals surface area (Å²) in [5, 5.41) is 13.4. The highest BCUT2D eigenvalue weighted by Gasteiger charge is 2.17. The lowest BCUT2D eigenvalue weighted by Crippen LogP contribution is -2.32. The maximum absolute atomic E-state index is 11.5. The van der Waals surface area contributed by atoms with Crippen LogP contribution in [-0.4, -0.2) is 16.6 Å². The quantitative estimate of drug-likeness (QED) is 0.649. The van der Waals surface area contributed by atoms with Crippen LogP contribution in [0.4, 0.5) is 10.5 Å². The van der Waals surface area contributed by atoms with Crippen molar-refractivity contribution in [2.24, 2.45) is 5.73 Å². The number of nitrogens with two attached hydrogens (primary N) is 1. The van der Waals surface area contributed by atoms with Crippen LogP contribution >= 0.6 is 0 Å². The minimum atomic E-state index is -0.584. The van der Waals surface area contributed by atoms with Gasteiger partial charge in [0.2, 0.25) is 0 Å². The molecule has 1 amide bonds. The summed E-state index contributed by atoms with van der Waals surface area (Å²) in [6.45, 7) is 5.52. The molecule has 0 unspecified atom stereocenters. The highest BCUT2D eigenvalue weighted by Crippen LogP contribution is 2.20. The molecule has 0 aliphatic carbocycles. The van der Waals surface area contributed by atoms with Gasteiger partial charge < -0.3 is 15.8 Å². The molecule has 1 aromatic carbocycles. The van der Waals surface area contributed by atoms with E-state index in [2.05, 4.69) is 5.32 Å². The van der Waals surface area contributed by atoms with Gasteiger partial charge in [0, 0.05) is 24.7 Å². The highest BCUT2D eigenvalue weighted by atomic mass is 16.6. The van der Waals surface area contributed by atoms with E-state index in [1.54, 1.807) is 32.9 Å². The molecule has 0 aromatic heterocycles. The van der Waals surface area contributed by atoms with Gasteiger partial charge in [-0.1, -0.05) is 12.1 Å². The lowest BCUT2D eigenvalue weighted by Gasteiger charge is -2.19. The Hall–Kier alpha value is -2.15. The van der Waals surface area contributed by atoms with Gasteiger partial charge in [0.25, 0.3) is 5.69 Å². The first-order valence-corrected chi connectivity index (χ1v) is 6.16. The third-order valence-corrected chi connectivity index (χ3v) is 2.40. The Kier molecular flexibility index (Phi) is 5.04. The van der Waals surface area contributed by atoms with Crippen molar-refractivity contribution in [2.45, 2.75) is 39.5 Å². The van der Waals surface area contributed by atoms with E-state index in [1.165, 1.54) is 6.07 Å². The van der Waals surface area contributed by atoms with Gasteiger partial charge in [0.05, 0.1) is 4.92 Å². The second kappa shape index (κ2) is 6.33. The number of benzene rings is 1. The zero-order chi connectivity index (χ0) is 15.3. The zero-order valence-corrected chi connectivity index (χ0v) is 11.8. The Bertz CT molecular complexity index is 509. The van der Waals surface area contributed by atoms with E-state index in [4.69, 9.17) is 10.5 Å². The van der Waals surface area contributed by atoms with Gasteiger partial charge in [-0.25, -0.2) is 4.79 Å². The first kappa shape index (κ1) is 15.9. The molecular formula is C13H19N3O4. The predicted octanol–water partition coefficient (Wildman–Crippen LogP) is 2.08. The summed E-state index contributed by atoms with van der Waals surface area (Å²) in [6.07, 6.45) is -0.567. The zero-order valence-electron chi connectivity index (χ0n) is 11.8. The summed E-state index contributed by atoms with van der Waals surface area (Å²) in [7, 11) is 0. The number of nitro benzene ring substituents is 1. The van der Waals surface area contributed by atoms with Crippen LogP contribution < -0.4 is 11.1 Å². The first-order valence-electron chi connectivity index (χ1n) is 6.16. The van der Waals surface area contributed by atoms with E-state index in [-0.39, 0.29) is 18.8 Å². The van der Waals surface area contributed by atoms with Crippen molar-refractivity contribution in [3.05, 3.63) is 39.4 Å². The molecule has 0 atom stereocenters. The molecule has 0 aliphatic rings. The summed E-state index contributed by atoms with van der Waals surface area (Å²) in [5.74, 6) is 0. The van der Waals surface area contributed by atoms with Crippen molar-refractivity contribution in [3.8, 4) is 0 Å². The molecular weight excluding hydrogens is 262 g/mol. The topological polar surface area (TPSA) is 107 Å². The third-order valence-electron chi connectivity index (χ3n) is 2.40. The molecule has 0 saturated carbocycles. The molecule has 3 N–H and O–H groups in total. The number of carbonyl (C=O) groups is 1. The van der Waals surface area contributed by atoms with Gasteiger partial charge in [-0.2, -0.15) is 0 Å². The number of carbonyl (C=O) groups excluding carboxylic acids is 1. The monoisotopic (exact) mass is 281 g/mol. The van der Waals surface area contributed by atoms with Crippen molar-refractivity contribution < 1.29 is 14.5 Å². The van der Waals surface area contributed by atoms with E-state index in [0.717, 1.165) is 0 Å². The summed E-state index contributed by atoms with van der Waals surface area (Å²) >= 11 is 0. The van der Waals surface area contributed by atoms with Crippen molar-refractivity contribution in [2.75, 3.05) is 0 Å². The number of alkyl carbamates (subject to hydrolysis) is 1. The molecule has 1 rings (SSSR count). The van der Waals surface area contributed by atoms with E-state index >= 15 is 0 Å². The summed E-state index contributed by atoms with van der Waals surface area (Å²) in [6, 6.07) is 4.68. The number of hydrogen-bond donors (Lipinski definition) is 2. The fraction of sp³-hybridized carbons (Fsp3) is 0.462. The Morgan fingerprint density at radius 1 is 1.45 bits per heavy atom. The van der Waals surface area contributed by atoms with E-state index in [9.17, 15) is 14.9 Å². The number of amides is 1. The van der Waals surface area contributed by atoms with Crippen molar-refractivity contribution in [3.63, 3.8) is 0 Å². The second-order valence-corrected chi connectivity index (χ2v) is 5.28. The summed E-state index contributed by atoms with van der Waals surface area (Å²) in [5.41, 5.74) is 5.87. The number of nitrogens with one attached hydrogen (secondary N) is 1. The fourth-order valence-corrected chi connectivity index (χ4v) is 1.55. The lowest BCUT2D eigenvalue weighted by molar-refractivity contribution is -0.385. The van der Waals surface area contributed by atoms with Crippen LogP contribution in [-0.2, 0) is 17.8 Å². The minimum absolute atomic E-state index is 0.0454. The van der Waals surface area contributed by atoms with Crippen LogP contribution in [0.5, 0.6) is 0 Å². The van der Waals surface area contributed by atoms with Gasteiger partial charge in [-0.3, -0.25) is 10.1 Å². The predicted molar refractivity (Wildman–Crippen MR) is 74.1 cm³/mol. The Balaban J connectivity index is 2.72. The summed E-state index contributed by atoms with van der Waals surface area (Å²) in [4.78, 5) is 21.9. The lowest BCUT2D eigenvalue weighted by atomic mass is 10.1. The van der Waals surface area contributed by atoms with Crippen LogP contribution in [0.25, 0.3) is 0 Å². The number of ether oxygens (including phenoxy) is 1. The van der Waals surface area contributed by atoms with Crippen LogP contribution in [0.3, 0.4) is 0 Å². The average Bonchev–Trinajstić information content (AvgIpc) is 2.33. The highest BCUT2D eigenvalue weighted by molar-refractivity contribution is 5.67. The molecule has 0 radical (unpaired) electrons. The average molecular weight is 281 g/mol. The fourth-order valence-electron chi connectivity index (χ4n) is 1.55. The molecule has 0 saturated heterocycles. The largest absolute Gasteiger partial charge is 0.444 e. The summed E-state index contributed by atoms with van der Waals surface area (Å²) < 4.78 is 5.08. The second-order valence-electron chi connectivity index (χ2n) is 5.28. The maximum atomic E-state index is 11.5. The Morgan fingerprint density at radius 3 is 2.60 bits per heavy atom. The van der Waals surface area contributed by atoms with Gasteiger partial charge in [0.15, 0.2) is 0 Å². The van der Waals surface area contributed by atoms with Crippen molar-refractivity contribution in [1.82, 2.24) is 5.32 Å². The van der Waals surface area contributed by atoms with Crippen molar-refractivity contribution >= 4 is 11.8 Å². The van der Waals surface area contributed by atoms with Gasteiger partial charge >= 0.3 is 6.09 Å². The number of nitro groups is 1. The number of rotatable bonds is 4. The van der Waals surface area contributed by atoms with Crippen LogP contribution in [0.2, 0.25) is 0 Å². The Morgan fingerprint density at radius 2 is 2.10 bits per heavy atom. The van der Waals surface area contributed by atoms with Gasteiger partial charge in [-0.15, -0.1) is 0 Å². The molecule has 1 aromatic rings. The smallest absolute Gasteiger partial charge is 0.407 e. The minimum Gasteiger partial charge on any atom is -0.444 e. The van der Waals surface area contributed by atoms with Crippen LogP contribution in [0.15, 0.2) is 18.2 Å². The molecule has 7 heteroatoms.